The van der Waals surface area contributed by atoms with Crippen LogP contribution in [0, 0.1) is 24.5 Å². The Morgan fingerprint density at radius 2 is 2.04 bits per heavy atom. The van der Waals surface area contributed by atoms with Crippen molar-refractivity contribution in [2.24, 2.45) is 5.92 Å². The van der Waals surface area contributed by atoms with E-state index < -0.39 is 17.5 Å². The largest absolute Gasteiger partial charge is 0.506 e. The Kier molecular flexibility index (Phi) is 4.85. The molecule has 5 nitrogen and oxygen atoms in total. The van der Waals surface area contributed by atoms with E-state index in [-0.39, 0.29) is 22.7 Å². The van der Waals surface area contributed by atoms with Crippen molar-refractivity contribution in [3.63, 3.8) is 0 Å². The van der Waals surface area contributed by atoms with Crippen LogP contribution in [0.4, 0.5) is 20.2 Å². The van der Waals surface area contributed by atoms with E-state index in [1.54, 1.807) is 13.0 Å². The van der Waals surface area contributed by atoms with Crippen molar-refractivity contribution in [2.45, 2.75) is 19.8 Å². The predicted octanol–water partition coefficient (Wildman–Crippen LogP) is 3.79. The molecule has 3 N–H and O–H groups in total. The molecule has 0 bridgehead atoms. The molecule has 1 saturated carbocycles. The van der Waals surface area contributed by atoms with Gasteiger partial charge < -0.3 is 10.4 Å². The number of amides is 1. The molecule has 1 aliphatic carbocycles. The standard InChI is InChI=1S/C18H18F2N2O3/c1-10-2-7-14(15(23)8-10)21-17-12(5-6-13(19)16(17)20)18(24)22-25-9-11-3-4-11/h2,5-8,11,21,23H,3-4,9H2,1H3,(H,22,24). The van der Waals surface area contributed by atoms with Crippen molar-refractivity contribution >= 4 is 17.3 Å². The predicted molar refractivity (Wildman–Crippen MR) is 88.6 cm³/mol. The van der Waals surface area contributed by atoms with Crippen molar-refractivity contribution in [1.82, 2.24) is 5.48 Å². The number of hydrogen-bond donors (Lipinski definition) is 3. The van der Waals surface area contributed by atoms with E-state index in [0.717, 1.165) is 30.5 Å². The van der Waals surface area contributed by atoms with Gasteiger partial charge in [-0.3, -0.25) is 9.63 Å². The fourth-order valence-corrected chi connectivity index (χ4v) is 2.31. The number of hydrogen-bond acceptors (Lipinski definition) is 4. The summed E-state index contributed by atoms with van der Waals surface area (Å²) < 4.78 is 27.9. The van der Waals surface area contributed by atoms with Gasteiger partial charge in [-0.05, 0) is 55.5 Å². The quantitative estimate of drug-likeness (QED) is 0.549. The van der Waals surface area contributed by atoms with Crippen LogP contribution in [0.25, 0.3) is 0 Å². The van der Waals surface area contributed by atoms with E-state index in [1.165, 1.54) is 12.1 Å². The van der Waals surface area contributed by atoms with Gasteiger partial charge in [0.15, 0.2) is 11.6 Å². The van der Waals surface area contributed by atoms with Gasteiger partial charge in [0.1, 0.15) is 5.75 Å². The zero-order valence-corrected chi connectivity index (χ0v) is 13.6. The molecule has 1 aliphatic rings. The Balaban J connectivity index is 1.85. The first-order valence-electron chi connectivity index (χ1n) is 7.92. The van der Waals surface area contributed by atoms with Crippen LogP contribution in [0.15, 0.2) is 30.3 Å². The average molecular weight is 348 g/mol. The third-order valence-corrected chi connectivity index (χ3v) is 3.93. The van der Waals surface area contributed by atoms with Crippen LogP contribution in [0.5, 0.6) is 5.75 Å². The number of hydroxylamine groups is 1. The maximum Gasteiger partial charge on any atom is 0.277 e. The second kappa shape index (κ2) is 7.06. The van der Waals surface area contributed by atoms with Crippen LogP contribution < -0.4 is 10.8 Å². The van der Waals surface area contributed by atoms with Crippen LogP contribution in [0.3, 0.4) is 0 Å². The number of carbonyl (C=O) groups excluding carboxylic acids is 1. The number of carbonyl (C=O) groups is 1. The molecule has 0 spiro atoms. The van der Waals surface area contributed by atoms with Gasteiger partial charge in [0.05, 0.1) is 23.5 Å². The Hall–Kier alpha value is -2.67. The molecule has 0 aliphatic heterocycles. The molecule has 0 saturated heterocycles. The first-order valence-corrected chi connectivity index (χ1v) is 7.92. The third-order valence-electron chi connectivity index (χ3n) is 3.93. The number of aromatic hydroxyl groups is 1. The van der Waals surface area contributed by atoms with Crippen LogP contribution in [0.1, 0.15) is 28.8 Å². The molecule has 1 fully saturated rings. The zero-order chi connectivity index (χ0) is 18.0. The van der Waals surface area contributed by atoms with Gasteiger partial charge in [-0.15, -0.1) is 0 Å². The number of aryl methyl sites for hydroxylation is 1. The minimum Gasteiger partial charge on any atom is -0.506 e. The van der Waals surface area contributed by atoms with Crippen molar-refractivity contribution in [1.29, 1.82) is 0 Å². The van der Waals surface area contributed by atoms with Gasteiger partial charge >= 0.3 is 0 Å². The molecule has 25 heavy (non-hydrogen) atoms. The number of anilines is 2. The fraction of sp³-hybridized carbons (Fsp3) is 0.278. The van der Waals surface area contributed by atoms with Crippen LogP contribution >= 0.6 is 0 Å². The van der Waals surface area contributed by atoms with E-state index in [2.05, 4.69) is 10.8 Å². The topological polar surface area (TPSA) is 70.6 Å². The maximum atomic E-state index is 14.2. The summed E-state index contributed by atoms with van der Waals surface area (Å²) >= 11 is 0. The Morgan fingerprint density at radius 1 is 1.28 bits per heavy atom. The van der Waals surface area contributed by atoms with E-state index in [0.29, 0.717) is 12.5 Å². The second-order valence-electron chi connectivity index (χ2n) is 6.12. The number of phenolic OH excluding ortho intramolecular Hbond substituents is 1. The monoisotopic (exact) mass is 348 g/mol. The fourth-order valence-electron chi connectivity index (χ4n) is 2.31. The molecule has 0 radical (unpaired) electrons. The molecule has 0 unspecified atom stereocenters. The SMILES string of the molecule is Cc1ccc(Nc2c(C(=O)NOCC3CC3)ccc(F)c2F)c(O)c1. The van der Waals surface area contributed by atoms with Gasteiger partial charge in [0.2, 0.25) is 0 Å². The van der Waals surface area contributed by atoms with Crippen LogP contribution in [-0.4, -0.2) is 17.6 Å². The molecule has 1 amide bonds. The zero-order valence-electron chi connectivity index (χ0n) is 13.6. The average Bonchev–Trinajstić information content (AvgIpc) is 3.38. The van der Waals surface area contributed by atoms with Crippen molar-refractivity contribution in [3.8, 4) is 5.75 Å². The molecule has 0 heterocycles. The Labute approximate surface area is 143 Å². The third kappa shape index (κ3) is 4.06. The molecular weight excluding hydrogens is 330 g/mol. The molecular formula is C18H18F2N2O3. The molecule has 0 atom stereocenters. The lowest BCUT2D eigenvalue weighted by Crippen LogP contribution is -2.26. The van der Waals surface area contributed by atoms with Gasteiger partial charge in [-0.2, -0.15) is 0 Å². The lowest BCUT2D eigenvalue weighted by atomic mass is 10.1. The minimum atomic E-state index is -1.21. The van der Waals surface area contributed by atoms with Gasteiger partial charge in [-0.1, -0.05) is 6.07 Å². The van der Waals surface area contributed by atoms with E-state index in [4.69, 9.17) is 4.84 Å². The summed E-state index contributed by atoms with van der Waals surface area (Å²) in [6.45, 7) is 2.17. The summed E-state index contributed by atoms with van der Waals surface area (Å²) in [6.07, 6.45) is 2.11. The summed E-state index contributed by atoms with van der Waals surface area (Å²) in [5, 5.41) is 12.5. The molecule has 2 aromatic carbocycles. The number of halogens is 2. The summed E-state index contributed by atoms with van der Waals surface area (Å²) in [5.41, 5.74) is 2.69. The van der Waals surface area contributed by atoms with Crippen LogP contribution in [-0.2, 0) is 4.84 Å². The highest BCUT2D eigenvalue weighted by Gasteiger charge is 2.23. The highest BCUT2D eigenvalue weighted by Crippen LogP contribution is 2.32. The summed E-state index contributed by atoms with van der Waals surface area (Å²) in [4.78, 5) is 17.3. The summed E-state index contributed by atoms with van der Waals surface area (Å²) in [6, 6.07) is 6.70. The van der Waals surface area contributed by atoms with Crippen molar-refractivity contribution in [2.75, 3.05) is 11.9 Å². The summed E-state index contributed by atoms with van der Waals surface area (Å²) in [7, 11) is 0. The Morgan fingerprint density at radius 3 is 2.72 bits per heavy atom. The van der Waals surface area contributed by atoms with E-state index in [9.17, 15) is 18.7 Å². The highest BCUT2D eigenvalue weighted by molar-refractivity contribution is 6.00. The van der Waals surface area contributed by atoms with Gasteiger partial charge in [0, 0.05) is 0 Å². The smallest absolute Gasteiger partial charge is 0.277 e. The molecule has 7 heteroatoms. The summed E-state index contributed by atoms with van der Waals surface area (Å²) in [5.74, 6) is -2.72. The van der Waals surface area contributed by atoms with Crippen LogP contribution in [0.2, 0.25) is 0 Å². The maximum absolute atomic E-state index is 14.2. The number of phenols is 1. The second-order valence-corrected chi connectivity index (χ2v) is 6.12. The number of rotatable bonds is 6. The van der Waals surface area contributed by atoms with Crippen molar-refractivity contribution < 1.29 is 23.5 Å². The first kappa shape index (κ1) is 17.2. The molecule has 132 valence electrons. The molecule has 3 rings (SSSR count). The normalized spacial score (nSPS) is 13.6. The van der Waals surface area contributed by atoms with Gasteiger partial charge in [0.25, 0.3) is 5.91 Å². The number of benzene rings is 2. The molecule has 0 aromatic heterocycles. The molecule has 2 aromatic rings. The van der Waals surface area contributed by atoms with E-state index in [1.807, 2.05) is 0 Å². The lowest BCUT2D eigenvalue weighted by Gasteiger charge is -2.15. The number of nitrogens with one attached hydrogen (secondary N) is 2. The van der Waals surface area contributed by atoms with E-state index >= 15 is 0 Å². The minimum absolute atomic E-state index is 0.130. The van der Waals surface area contributed by atoms with Crippen molar-refractivity contribution in [3.05, 3.63) is 53.1 Å². The van der Waals surface area contributed by atoms with Gasteiger partial charge in [-0.25, -0.2) is 14.3 Å². The lowest BCUT2D eigenvalue weighted by molar-refractivity contribution is 0.0270. The highest BCUT2D eigenvalue weighted by atomic mass is 19.2. The first-order chi connectivity index (χ1) is 12.0. The Bertz CT molecular complexity index is 807.